The highest BCUT2D eigenvalue weighted by Gasteiger charge is 1.81. The third-order valence-corrected chi connectivity index (χ3v) is 1.68. The Morgan fingerprint density at radius 1 is 1.75 bits per heavy atom. The fourth-order valence-electron chi connectivity index (χ4n) is 0.239. The van der Waals surface area contributed by atoms with Gasteiger partial charge >= 0.3 is 0 Å². The van der Waals surface area contributed by atoms with Crippen molar-refractivity contribution in [1.29, 1.82) is 0 Å². The van der Waals surface area contributed by atoms with E-state index in [2.05, 4.69) is 6.58 Å². The first-order valence-corrected chi connectivity index (χ1v) is 3.86. The lowest BCUT2D eigenvalue weighted by Gasteiger charge is -1.81. The Balaban J connectivity index is 3.52. The van der Waals surface area contributed by atoms with Crippen LogP contribution in [0.4, 0.5) is 0 Å². The fraction of sp³-hybridized carbons (Fsp3) is 0.333. The molecule has 0 aliphatic carbocycles. The van der Waals surface area contributed by atoms with E-state index in [0.717, 1.165) is 0 Å². The van der Waals surface area contributed by atoms with Crippen LogP contribution in [0.1, 0.15) is 6.92 Å². The molecule has 0 aliphatic heterocycles. The third-order valence-electron chi connectivity index (χ3n) is 0.651. The Hall–Kier alpha value is -0.370. The van der Waals surface area contributed by atoms with Gasteiger partial charge in [-0.2, -0.15) is 0 Å². The molecule has 0 aromatic rings. The average Bonchev–Trinajstić information content (AvgIpc) is 1.83. The van der Waals surface area contributed by atoms with Gasteiger partial charge in [0.15, 0.2) is 0 Å². The third kappa shape index (κ3) is 3.81. The minimum atomic E-state index is -0.779. The SMILES string of the molecule is C=C/C=C\S(=O)CC. The van der Waals surface area contributed by atoms with Crippen LogP contribution in [-0.4, -0.2) is 9.96 Å². The zero-order valence-corrected chi connectivity index (χ0v) is 5.78. The molecule has 0 aromatic heterocycles. The van der Waals surface area contributed by atoms with Gasteiger partial charge in [-0.25, -0.2) is 0 Å². The molecule has 2 heteroatoms. The van der Waals surface area contributed by atoms with Gasteiger partial charge in [-0.1, -0.05) is 25.7 Å². The summed E-state index contributed by atoms with van der Waals surface area (Å²) in [6.45, 7) is 5.32. The maximum Gasteiger partial charge on any atom is 0.0453 e. The predicted molar refractivity (Wildman–Crippen MR) is 38.0 cm³/mol. The zero-order chi connectivity index (χ0) is 6.41. The van der Waals surface area contributed by atoms with Crippen LogP contribution in [0.5, 0.6) is 0 Å². The zero-order valence-electron chi connectivity index (χ0n) is 4.96. The van der Waals surface area contributed by atoms with Crippen molar-refractivity contribution in [1.82, 2.24) is 0 Å². The molecule has 1 atom stereocenters. The molecule has 0 N–H and O–H groups in total. The molecule has 0 radical (unpaired) electrons. The molecule has 0 aromatic carbocycles. The van der Waals surface area contributed by atoms with Gasteiger partial charge < -0.3 is 0 Å². The van der Waals surface area contributed by atoms with E-state index in [1.807, 2.05) is 6.92 Å². The Kier molecular flexibility index (Phi) is 4.56. The molecule has 0 fully saturated rings. The van der Waals surface area contributed by atoms with Crippen molar-refractivity contribution in [3.8, 4) is 0 Å². The summed E-state index contributed by atoms with van der Waals surface area (Å²) in [5, 5.41) is 1.63. The number of hydrogen-bond acceptors (Lipinski definition) is 1. The van der Waals surface area contributed by atoms with Gasteiger partial charge in [0.2, 0.25) is 0 Å². The van der Waals surface area contributed by atoms with Crippen molar-refractivity contribution < 1.29 is 4.21 Å². The van der Waals surface area contributed by atoms with Gasteiger partial charge in [-0.05, 0) is 0 Å². The summed E-state index contributed by atoms with van der Waals surface area (Å²) in [7, 11) is -0.779. The highest BCUT2D eigenvalue weighted by molar-refractivity contribution is 7.87. The lowest BCUT2D eigenvalue weighted by molar-refractivity contribution is 0.689. The van der Waals surface area contributed by atoms with Gasteiger partial charge in [0, 0.05) is 22.0 Å². The van der Waals surface area contributed by atoms with Gasteiger partial charge in [0.1, 0.15) is 0 Å². The van der Waals surface area contributed by atoms with E-state index in [4.69, 9.17) is 0 Å². The second kappa shape index (κ2) is 4.78. The molecule has 0 saturated heterocycles. The summed E-state index contributed by atoms with van der Waals surface area (Å²) in [6.07, 6.45) is 3.31. The van der Waals surface area contributed by atoms with Crippen molar-refractivity contribution in [2.45, 2.75) is 6.92 Å². The van der Waals surface area contributed by atoms with Crippen molar-refractivity contribution in [2.24, 2.45) is 0 Å². The van der Waals surface area contributed by atoms with E-state index in [-0.39, 0.29) is 0 Å². The molecule has 0 amide bonds. The Morgan fingerprint density at radius 3 is 2.75 bits per heavy atom. The van der Waals surface area contributed by atoms with Crippen LogP contribution in [0, 0.1) is 0 Å². The molecule has 0 bridgehead atoms. The van der Waals surface area contributed by atoms with Crippen LogP contribution in [0.2, 0.25) is 0 Å². The summed E-state index contributed by atoms with van der Waals surface area (Å²) in [5.74, 6) is 0.685. The first-order valence-electron chi connectivity index (χ1n) is 2.47. The summed E-state index contributed by atoms with van der Waals surface area (Å²) in [4.78, 5) is 0. The smallest absolute Gasteiger partial charge is 0.0453 e. The molecule has 46 valence electrons. The average molecular weight is 130 g/mol. The number of hydrogen-bond donors (Lipinski definition) is 0. The van der Waals surface area contributed by atoms with Crippen LogP contribution in [0.3, 0.4) is 0 Å². The molecular formula is C6H10OS. The van der Waals surface area contributed by atoms with Gasteiger partial charge in [-0.15, -0.1) is 0 Å². The maximum atomic E-state index is 10.5. The summed E-state index contributed by atoms with van der Waals surface area (Å²) in [6, 6.07) is 0. The van der Waals surface area contributed by atoms with E-state index >= 15 is 0 Å². The van der Waals surface area contributed by atoms with E-state index < -0.39 is 10.8 Å². The van der Waals surface area contributed by atoms with Crippen molar-refractivity contribution in [3.05, 3.63) is 24.1 Å². The first-order chi connectivity index (χ1) is 3.81. The monoisotopic (exact) mass is 130 g/mol. The van der Waals surface area contributed by atoms with Gasteiger partial charge in [0.25, 0.3) is 0 Å². The fourth-order valence-corrected chi connectivity index (χ4v) is 0.718. The molecule has 0 spiro atoms. The topological polar surface area (TPSA) is 17.1 Å². The van der Waals surface area contributed by atoms with E-state index in [1.54, 1.807) is 17.6 Å². The van der Waals surface area contributed by atoms with Crippen molar-refractivity contribution >= 4 is 10.8 Å². The van der Waals surface area contributed by atoms with Crippen LogP contribution in [0.15, 0.2) is 24.1 Å². The van der Waals surface area contributed by atoms with Crippen LogP contribution < -0.4 is 0 Å². The Labute approximate surface area is 52.6 Å². The minimum absolute atomic E-state index is 0.685. The molecular weight excluding hydrogens is 120 g/mol. The molecule has 0 rings (SSSR count). The highest BCUT2D eigenvalue weighted by atomic mass is 32.2. The van der Waals surface area contributed by atoms with Crippen molar-refractivity contribution in [2.75, 3.05) is 5.75 Å². The molecule has 1 unspecified atom stereocenters. The standard InChI is InChI=1S/C6H10OS/c1-3-5-6-8(7)4-2/h3,5-6H,1,4H2,2H3/b6-5-. The van der Waals surface area contributed by atoms with E-state index in [9.17, 15) is 4.21 Å². The molecule has 0 aliphatic rings. The van der Waals surface area contributed by atoms with Gasteiger partial charge in [0.05, 0.1) is 0 Å². The van der Waals surface area contributed by atoms with E-state index in [0.29, 0.717) is 5.75 Å². The largest absolute Gasteiger partial charge is 0.255 e. The van der Waals surface area contributed by atoms with Crippen LogP contribution in [-0.2, 0) is 10.8 Å². The molecule has 8 heavy (non-hydrogen) atoms. The summed E-state index contributed by atoms with van der Waals surface area (Å²) in [5.41, 5.74) is 0. The lowest BCUT2D eigenvalue weighted by atomic mass is 10.6. The lowest BCUT2D eigenvalue weighted by Crippen LogP contribution is -1.83. The summed E-state index contributed by atoms with van der Waals surface area (Å²) >= 11 is 0. The van der Waals surface area contributed by atoms with Crippen LogP contribution >= 0.6 is 0 Å². The predicted octanol–water partition coefficient (Wildman–Crippen LogP) is 1.45. The Morgan fingerprint density at radius 2 is 2.38 bits per heavy atom. The number of allylic oxidation sites excluding steroid dienone is 2. The normalized spacial score (nSPS) is 14.1. The second-order valence-electron chi connectivity index (χ2n) is 1.23. The van der Waals surface area contributed by atoms with Crippen molar-refractivity contribution in [3.63, 3.8) is 0 Å². The second-order valence-corrected chi connectivity index (χ2v) is 2.84. The summed E-state index contributed by atoms with van der Waals surface area (Å²) < 4.78 is 10.5. The quantitative estimate of drug-likeness (QED) is 0.528. The molecule has 0 saturated carbocycles. The van der Waals surface area contributed by atoms with Gasteiger partial charge in [-0.3, -0.25) is 4.21 Å². The minimum Gasteiger partial charge on any atom is -0.255 e. The van der Waals surface area contributed by atoms with Crippen LogP contribution in [0.25, 0.3) is 0 Å². The molecule has 1 nitrogen and oxygen atoms in total. The maximum absolute atomic E-state index is 10.5. The highest BCUT2D eigenvalue weighted by Crippen LogP contribution is 1.82. The Bertz CT molecular complexity index is 116. The molecule has 0 heterocycles. The number of rotatable bonds is 3. The first kappa shape index (κ1) is 7.63. The van der Waals surface area contributed by atoms with E-state index in [1.165, 1.54) is 0 Å².